The highest BCUT2D eigenvalue weighted by Gasteiger charge is 2.27. The van der Waals surface area contributed by atoms with E-state index in [1.165, 1.54) is 18.2 Å². The summed E-state index contributed by atoms with van der Waals surface area (Å²) >= 11 is 5.71. The Morgan fingerprint density at radius 1 is 1.37 bits per heavy atom. The van der Waals surface area contributed by atoms with Gasteiger partial charge in [0, 0.05) is 5.02 Å². The van der Waals surface area contributed by atoms with E-state index in [0.717, 1.165) is 0 Å². The van der Waals surface area contributed by atoms with Gasteiger partial charge < -0.3 is 9.47 Å². The van der Waals surface area contributed by atoms with Crippen LogP contribution in [0.1, 0.15) is 0 Å². The zero-order chi connectivity index (χ0) is 13.9. The van der Waals surface area contributed by atoms with Crippen LogP contribution in [0.25, 0.3) is 0 Å². The minimum Gasteiger partial charge on any atom is -0.376 e. The Kier molecular flexibility index (Phi) is 4.41. The van der Waals surface area contributed by atoms with E-state index in [-0.39, 0.29) is 23.1 Å². The standard InChI is InChI=1S/C11H12ClNO5S/c12-8-2-1-3-9(6-8)19(15,16)13-11(14)10-7-17-4-5-18-10/h1-3,6,10H,4-5,7H2,(H,13,14). The van der Waals surface area contributed by atoms with E-state index in [2.05, 4.69) is 0 Å². The number of carbonyl (C=O) groups is 1. The molecule has 2 rings (SSSR count). The minimum atomic E-state index is -3.95. The topological polar surface area (TPSA) is 81.7 Å². The minimum absolute atomic E-state index is 0.0386. The molecule has 0 spiro atoms. The Labute approximate surface area is 115 Å². The normalized spacial score (nSPS) is 19.9. The molecule has 0 aliphatic carbocycles. The van der Waals surface area contributed by atoms with Crippen molar-refractivity contribution in [1.29, 1.82) is 0 Å². The predicted octanol–water partition coefficient (Wildman–Crippen LogP) is 0.560. The monoisotopic (exact) mass is 305 g/mol. The lowest BCUT2D eigenvalue weighted by Crippen LogP contribution is -2.44. The molecule has 1 aliphatic heterocycles. The average molecular weight is 306 g/mol. The number of carbonyl (C=O) groups excluding carboxylic acids is 1. The molecule has 0 aromatic heterocycles. The van der Waals surface area contributed by atoms with Gasteiger partial charge in [-0.3, -0.25) is 4.79 Å². The Morgan fingerprint density at radius 3 is 2.79 bits per heavy atom. The van der Waals surface area contributed by atoms with Crippen LogP contribution in [-0.2, 0) is 24.3 Å². The Balaban J connectivity index is 2.10. The Morgan fingerprint density at radius 2 is 2.16 bits per heavy atom. The number of hydrogen-bond acceptors (Lipinski definition) is 5. The summed E-state index contributed by atoms with van der Waals surface area (Å²) in [5, 5.41) is 0.271. The quantitative estimate of drug-likeness (QED) is 0.882. The molecule has 1 atom stereocenters. The summed E-state index contributed by atoms with van der Waals surface area (Å²) in [5.41, 5.74) is 0. The lowest BCUT2D eigenvalue weighted by molar-refractivity contribution is -0.145. The molecule has 0 saturated carbocycles. The van der Waals surface area contributed by atoms with Crippen LogP contribution in [0, 0.1) is 0 Å². The molecule has 1 aliphatic rings. The molecule has 8 heteroatoms. The van der Waals surface area contributed by atoms with Gasteiger partial charge in [-0.15, -0.1) is 0 Å². The Bertz CT molecular complexity index is 568. The fourth-order valence-electron chi connectivity index (χ4n) is 1.53. The predicted molar refractivity (Wildman–Crippen MR) is 67.3 cm³/mol. The molecule has 6 nitrogen and oxygen atoms in total. The zero-order valence-electron chi connectivity index (χ0n) is 9.84. The van der Waals surface area contributed by atoms with Gasteiger partial charge in [-0.05, 0) is 18.2 Å². The SMILES string of the molecule is O=C(NS(=O)(=O)c1cccc(Cl)c1)C1COCCO1. The fourth-order valence-corrected chi connectivity index (χ4v) is 2.84. The van der Waals surface area contributed by atoms with Crippen molar-refractivity contribution in [1.82, 2.24) is 4.72 Å². The highest BCUT2D eigenvalue weighted by atomic mass is 35.5. The molecule has 1 aromatic carbocycles. The van der Waals surface area contributed by atoms with Crippen molar-refractivity contribution < 1.29 is 22.7 Å². The second kappa shape index (κ2) is 5.87. The molecular weight excluding hydrogens is 294 g/mol. The average Bonchev–Trinajstić information content (AvgIpc) is 2.39. The van der Waals surface area contributed by atoms with Crippen molar-refractivity contribution in [3.63, 3.8) is 0 Å². The van der Waals surface area contributed by atoms with Crippen molar-refractivity contribution in [3.05, 3.63) is 29.3 Å². The van der Waals surface area contributed by atoms with Crippen LogP contribution in [0.15, 0.2) is 29.2 Å². The van der Waals surface area contributed by atoms with E-state index in [0.29, 0.717) is 6.61 Å². The molecule has 0 radical (unpaired) electrons. The lowest BCUT2D eigenvalue weighted by atomic mass is 10.3. The van der Waals surface area contributed by atoms with Crippen molar-refractivity contribution >= 4 is 27.5 Å². The first-order valence-electron chi connectivity index (χ1n) is 5.50. The van der Waals surface area contributed by atoms with Gasteiger partial charge in [0.25, 0.3) is 15.9 Å². The molecule has 1 amide bonds. The van der Waals surface area contributed by atoms with Crippen LogP contribution in [-0.4, -0.2) is 40.2 Å². The van der Waals surface area contributed by atoms with Crippen LogP contribution < -0.4 is 4.72 Å². The van der Waals surface area contributed by atoms with E-state index in [1.807, 2.05) is 4.72 Å². The van der Waals surface area contributed by atoms with Crippen molar-refractivity contribution in [3.8, 4) is 0 Å². The van der Waals surface area contributed by atoms with Crippen LogP contribution >= 0.6 is 11.6 Å². The van der Waals surface area contributed by atoms with Gasteiger partial charge in [0.2, 0.25) is 0 Å². The number of ether oxygens (including phenoxy) is 2. The molecule has 1 fully saturated rings. The third-order valence-electron chi connectivity index (χ3n) is 2.45. The summed E-state index contributed by atoms with van der Waals surface area (Å²) in [6, 6.07) is 5.64. The van der Waals surface area contributed by atoms with Crippen LogP contribution in [0.2, 0.25) is 5.02 Å². The summed E-state index contributed by atoms with van der Waals surface area (Å²) in [6.07, 6.45) is -0.914. The molecule has 1 unspecified atom stereocenters. The number of hydrogen-bond donors (Lipinski definition) is 1. The second-order valence-electron chi connectivity index (χ2n) is 3.86. The van der Waals surface area contributed by atoms with E-state index < -0.39 is 22.0 Å². The van der Waals surface area contributed by atoms with Gasteiger partial charge in [0.15, 0.2) is 6.10 Å². The van der Waals surface area contributed by atoms with Gasteiger partial charge in [-0.1, -0.05) is 17.7 Å². The summed E-state index contributed by atoms with van der Waals surface area (Å²) in [7, 11) is -3.95. The number of nitrogens with one attached hydrogen (secondary N) is 1. The number of halogens is 1. The largest absolute Gasteiger partial charge is 0.376 e. The first-order chi connectivity index (χ1) is 8.99. The number of sulfonamides is 1. The molecule has 1 aromatic rings. The number of benzene rings is 1. The fraction of sp³-hybridized carbons (Fsp3) is 0.364. The lowest BCUT2D eigenvalue weighted by Gasteiger charge is -2.21. The van der Waals surface area contributed by atoms with Gasteiger partial charge in [-0.25, -0.2) is 13.1 Å². The summed E-state index contributed by atoms with van der Waals surface area (Å²) < 4.78 is 36.0. The van der Waals surface area contributed by atoms with Crippen molar-refractivity contribution in [2.75, 3.05) is 19.8 Å². The molecule has 1 heterocycles. The number of rotatable bonds is 3. The van der Waals surface area contributed by atoms with E-state index >= 15 is 0 Å². The maximum atomic E-state index is 12.0. The maximum Gasteiger partial charge on any atom is 0.265 e. The molecule has 104 valence electrons. The first-order valence-corrected chi connectivity index (χ1v) is 7.37. The second-order valence-corrected chi connectivity index (χ2v) is 5.98. The van der Waals surface area contributed by atoms with E-state index in [4.69, 9.17) is 21.1 Å². The van der Waals surface area contributed by atoms with Crippen molar-refractivity contribution in [2.24, 2.45) is 0 Å². The van der Waals surface area contributed by atoms with E-state index in [9.17, 15) is 13.2 Å². The third-order valence-corrected chi connectivity index (χ3v) is 4.03. The summed E-state index contributed by atoms with van der Waals surface area (Å²) in [6.45, 7) is 0.691. The van der Waals surface area contributed by atoms with Gasteiger partial charge in [-0.2, -0.15) is 0 Å². The molecular formula is C11H12ClNO5S. The maximum absolute atomic E-state index is 12.0. The summed E-state index contributed by atoms with van der Waals surface area (Å²) in [5.74, 6) is -0.750. The van der Waals surface area contributed by atoms with Gasteiger partial charge in [0.05, 0.1) is 24.7 Å². The summed E-state index contributed by atoms with van der Waals surface area (Å²) in [4.78, 5) is 11.7. The van der Waals surface area contributed by atoms with Gasteiger partial charge in [0.1, 0.15) is 0 Å². The van der Waals surface area contributed by atoms with Crippen LogP contribution in [0.4, 0.5) is 0 Å². The Hall–Kier alpha value is -1.15. The van der Waals surface area contributed by atoms with Gasteiger partial charge >= 0.3 is 0 Å². The molecule has 1 saturated heterocycles. The van der Waals surface area contributed by atoms with Crippen molar-refractivity contribution in [2.45, 2.75) is 11.0 Å². The molecule has 0 bridgehead atoms. The van der Waals surface area contributed by atoms with Crippen LogP contribution in [0.5, 0.6) is 0 Å². The zero-order valence-corrected chi connectivity index (χ0v) is 11.4. The first kappa shape index (κ1) is 14.3. The van der Waals surface area contributed by atoms with E-state index in [1.54, 1.807) is 6.07 Å². The highest BCUT2D eigenvalue weighted by molar-refractivity contribution is 7.90. The molecule has 1 N–H and O–H groups in total. The molecule has 19 heavy (non-hydrogen) atoms. The third kappa shape index (κ3) is 3.66. The van der Waals surface area contributed by atoms with Crippen LogP contribution in [0.3, 0.4) is 0 Å². The number of amides is 1. The highest BCUT2D eigenvalue weighted by Crippen LogP contribution is 2.15. The smallest absolute Gasteiger partial charge is 0.265 e.